The van der Waals surface area contributed by atoms with Crippen LogP contribution in [0.15, 0.2) is 95.9 Å². The van der Waals surface area contributed by atoms with Crippen LogP contribution in [0, 0.1) is 0 Å². The van der Waals surface area contributed by atoms with Gasteiger partial charge in [-0.15, -0.1) is 10.3 Å². The van der Waals surface area contributed by atoms with Crippen molar-refractivity contribution in [2.24, 2.45) is 0 Å². The van der Waals surface area contributed by atoms with Gasteiger partial charge in [-0.05, 0) is 35.4 Å². The summed E-state index contributed by atoms with van der Waals surface area (Å²) in [6.07, 6.45) is 2.01. The van der Waals surface area contributed by atoms with Crippen molar-refractivity contribution in [1.29, 1.82) is 0 Å². The largest absolute Gasteiger partial charge is 0.347 e. The Hall–Kier alpha value is -2.03. The van der Waals surface area contributed by atoms with Crippen molar-refractivity contribution in [1.82, 2.24) is 0 Å². The molecule has 1 N–H and O–H groups in total. The summed E-state index contributed by atoms with van der Waals surface area (Å²) in [5.74, 6) is 0.221. The van der Waals surface area contributed by atoms with Crippen LogP contribution in [0.2, 0.25) is 0 Å². The molecule has 0 bridgehead atoms. The average molecular weight is 337 g/mol. The Balaban J connectivity index is 2.09. The Labute approximate surface area is 146 Å². The van der Waals surface area contributed by atoms with Crippen LogP contribution in [0.3, 0.4) is 0 Å². The van der Waals surface area contributed by atoms with Crippen molar-refractivity contribution in [2.75, 3.05) is 6.26 Å². The van der Waals surface area contributed by atoms with Crippen LogP contribution in [-0.2, 0) is 0 Å². The maximum Gasteiger partial charge on any atom is 0.0456 e. The summed E-state index contributed by atoms with van der Waals surface area (Å²) >= 11 is 0. The number of hydrogen-bond donors (Lipinski definition) is 1. The van der Waals surface area contributed by atoms with Gasteiger partial charge in [-0.25, -0.2) is 0 Å². The molecule has 3 aromatic carbocycles. The van der Waals surface area contributed by atoms with Crippen LogP contribution >= 0.6 is 10.3 Å². The second-order valence-electron chi connectivity index (χ2n) is 6.28. The molecule has 0 heterocycles. The van der Waals surface area contributed by atoms with E-state index >= 15 is 0 Å². The molecule has 3 unspecified atom stereocenters. The van der Waals surface area contributed by atoms with Gasteiger partial charge in [0.15, 0.2) is 0 Å². The van der Waals surface area contributed by atoms with Gasteiger partial charge in [0, 0.05) is 10.1 Å². The van der Waals surface area contributed by atoms with Gasteiger partial charge in [0.2, 0.25) is 0 Å². The Bertz CT molecular complexity index is 754. The lowest BCUT2D eigenvalue weighted by Gasteiger charge is -2.42. The maximum atomic E-state index is 11.6. The molecule has 0 spiro atoms. The van der Waals surface area contributed by atoms with E-state index in [9.17, 15) is 4.55 Å². The molecular formula is C22H24OS. The highest BCUT2D eigenvalue weighted by Gasteiger charge is 2.35. The van der Waals surface area contributed by atoms with Crippen molar-refractivity contribution in [3.8, 4) is 0 Å². The molecule has 0 saturated heterocycles. The van der Waals surface area contributed by atoms with E-state index in [-0.39, 0.29) is 11.2 Å². The molecule has 0 aliphatic rings. The van der Waals surface area contributed by atoms with Gasteiger partial charge in [0.25, 0.3) is 0 Å². The third kappa shape index (κ3) is 3.40. The number of rotatable bonds is 5. The van der Waals surface area contributed by atoms with Gasteiger partial charge in [0.1, 0.15) is 0 Å². The minimum Gasteiger partial charge on any atom is -0.347 e. The summed E-state index contributed by atoms with van der Waals surface area (Å²) in [5.41, 5.74) is 2.45. The van der Waals surface area contributed by atoms with Crippen LogP contribution in [0.1, 0.15) is 29.2 Å². The molecule has 0 aromatic heterocycles. The van der Waals surface area contributed by atoms with E-state index in [1.165, 1.54) is 11.1 Å². The highest BCUT2D eigenvalue weighted by molar-refractivity contribution is 8.28. The lowest BCUT2D eigenvalue weighted by Crippen LogP contribution is -2.16. The first kappa shape index (κ1) is 16.8. The Morgan fingerprint density at radius 2 is 1.08 bits per heavy atom. The highest BCUT2D eigenvalue weighted by Crippen LogP contribution is 2.64. The fraction of sp³-hybridized carbons (Fsp3) is 0.182. The van der Waals surface area contributed by atoms with Gasteiger partial charge in [-0.2, -0.15) is 0 Å². The quantitative estimate of drug-likeness (QED) is 0.564. The van der Waals surface area contributed by atoms with E-state index in [1.807, 2.05) is 48.7 Å². The monoisotopic (exact) mass is 336 g/mol. The van der Waals surface area contributed by atoms with Gasteiger partial charge >= 0.3 is 0 Å². The van der Waals surface area contributed by atoms with Crippen LogP contribution in [-0.4, -0.2) is 10.8 Å². The van der Waals surface area contributed by atoms with Crippen molar-refractivity contribution in [2.45, 2.75) is 23.0 Å². The summed E-state index contributed by atoms with van der Waals surface area (Å²) < 4.78 is 11.6. The van der Waals surface area contributed by atoms with Gasteiger partial charge < -0.3 is 4.55 Å². The van der Waals surface area contributed by atoms with Crippen molar-refractivity contribution >= 4 is 10.3 Å². The van der Waals surface area contributed by atoms with Crippen LogP contribution in [0.5, 0.6) is 0 Å². The van der Waals surface area contributed by atoms with E-state index in [1.54, 1.807) is 0 Å². The van der Waals surface area contributed by atoms with Crippen LogP contribution in [0.25, 0.3) is 0 Å². The predicted molar refractivity (Wildman–Crippen MR) is 105 cm³/mol. The Kier molecular flexibility index (Phi) is 5.08. The zero-order valence-corrected chi connectivity index (χ0v) is 15.0. The predicted octanol–water partition coefficient (Wildman–Crippen LogP) is 6.50. The second-order valence-corrected chi connectivity index (χ2v) is 9.13. The molecule has 24 heavy (non-hydrogen) atoms. The fourth-order valence-corrected chi connectivity index (χ4v) is 6.01. The van der Waals surface area contributed by atoms with Gasteiger partial charge in [0.05, 0.1) is 0 Å². The first-order valence-electron chi connectivity index (χ1n) is 8.25. The third-order valence-electron chi connectivity index (χ3n) is 4.62. The second kappa shape index (κ2) is 7.25. The van der Waals surface area contributed by atoms with E-state index in [2.05, 4.69) is 55.5 Å². The number of benzene rings is 3. The molecule has 3 aromatic rings. The standard InChI is InChI=1S/C22H24OS/c1-18(19-12-6-3-7-13-19)22(20-14-8-4-9-15-20)24(2,23)21-16-10-5-11-17-21/h3-18,22-23H,1-2H3. The molecule has 124 valence electrons. The highest BCUT2D eigenvalue weighted by atomic mass is 32.3. The average Bonchev–Trinajstić information content (AvgIpc) is 2.64. The van der Waals surface area contributed by atoms with Crippen LogP contribution < -0.4 is 0 Å². The van der Waals surface area contributed by atoms with Crippen molar-refractivity contribution in [3.05, 3.63) is 102 Å². The van der Waals surface area contributed by atoms with E-state index < -0.39 is 10.3 Å². The van der Waals surface area contributed by atoms with Crippen molar-refractivity contribution in [3.63, 3.8) is 0 Å². The molecule has 0 radical (unpaired) electrons. The first-order chi connectivity index (χ1) is 11.6. The smallest absolute Gasteiger partial charge is 0.0456 e. The van der Waals surface area contributed by atoms with Gasteiger partial charge in [-0.3, -0.25) is 0 Å². The fourth-order valence-electron chi connectivity index (χ4n) is 3.37. The molecule has 3 rings (SSSR count). The minimum absolute atomic E-state index is 0.0449. The molecule has 3 atom stereocenters. The first-order valence-corrected chi connectivity index (χ1v) is 10.3. The van der Waals surface area contributed by atoms with E-state index in [0.29, 0.717) is 0 Å². The Morgan fingerprint density at radius 1 is 0.667 bits per heavy atom. The molecule has 2 heteroatoms. The lowest BCUT2D eigenvalue weighted by molar-refractivity contribution is 0.591. The zero-order valence-electron chi connectivity index (χ0n) is 14.2. The Morgan fingerprint density at radius 3 is 1.58 bits per heavy atom. The summed E-state index contributed by atoms with van der Waals surface area (Å²) in [6, 6.07) is 31.0. The van der Waals surface area contributed by atoms with E-state index in [4.69, 9.17) is 0 Å². The molecule has 1 nitrogen and oxygen atoms in total. The normalized spacial score (nSPS) is 17.5. The SMILES string of the molecule is CC(c1ccccc1)C(c1ccccc1)S(C)(O)c1ccccc1. The summed E-state index contributed by atoms with van der Waals surface area (Å²) in [4.78, 5) is 1.03. The maximum absolute atomic E-state index is 11.6. The lowest BCUT2D eigenvalue weighted by atomic mass is 9.93. The van der Waals surface area contributed by atoms with Crippen molar-refractivity contribution < 1.29 is 4.55 Å². The van der Waals surface area contributed by atoms with E-state index in [0.717, 1.165) is 4.90 Å². The molecule has 0 fully saturated rings. The summed E-state index contributed by atoms with van der Waals surface area (Å²) in [5, 5.41) is 0.0449. The zero-order chi connectivity index (χ0) is 17.0. The molecular weight excluding hydrogens is 312 g/mol. The number of hydrogen-bond acceptors (Lipinski definition) is 1. The molecule has 0 aliphatic carbocycles. The minimum atomic E-state index is -2.00. The van der Waals surface area contributed by atoms with Crippen LogP contribution in [0.4, 0.5) is 0 Å². The third-order valence-corrected chi connectivity index (χ3v) is 7.52. The molecule has 0 saturated carbocycles. The summed E-state index contributed by atoms with van der Waals surface area (Å²) in [6.45, 7) is 2.22. The summed E-state index contributed by atoms with van der Waals surface area (Å²) in [7, 11) is -2.00. The van der Waals surface area contributed by atoms with Gasteiger partial charge in [-0.1, -0.05) is 85.8 Å². The molecule has 0 amide bonds. The molecule has 0 aliphatic heterocycles. The topological polar surface area (TPSA) is 20.2 Å².